The molecule has 0 nitrogen and oxygen atoms in total. The maximum atomic E-state index is 3.53. The minimum Gasteiger partial charge on any atom is -0.0797 e. The molecule has 0 saturated carbocycles. The second-order valence-electron chi connectivity index (χ2n) is 3.71. The number of halogens is 1. The van der Waals surface area contributed by atoms with E-state index in [0.717, 1.165) is 0 Å². The topological polar surface area (TPSA) is 0 Å². The lowest BCUT2D eigenvalue weighted by Gasteiger charge is -2.21. The van der Waals surface area contributed by atoms with Gasteiger partial charge in [0.15, 0.2) is 0 Å². The van der Waals surface area contributed by atoms with Gasteiger partial charge in [-0.3, -0.25) is 0 Å². The summed E-state index contributed by atoms with van der Waals surface area (Å²) in [6, 6.07) is 10.6. The van der Waals surface area contributed by atoms with E-state index in [9.17, 15) is 0 Å². The molecule has 1 aliphatic carbocycles. The van der Waals surface area contributed by atoms with Gasteiger partial charge in [-0.05, 0) is 11.5 Å². The fraction of sp³-hybridized carbons (Fsp3) is 0.231. The molecule has 1 unspecified atom stereocenters. The third-order valence-electron chi connectivity index (χ3n) is 2.65. The van der Waals surface area contributed by atoms with Crippen LogP contribution in [0.15, 0.2) is 53.0 Å². The van der Waals surface area contributed by atoms with Crippen LogP contribution in [-0.2, 0) is 0 Å². The Morgan fingerprint density at radius 3 is 2.57 bits per heavy atom. The zero-order valence-corrected chi connectivity index (χ0v) is 9.74. The van der Waals surface area contributed by atoms with Crippen LogP contribution >= 0.6 is 15.9 Å². The molecule has 72 valence electrons. The highest BCUT2D eigenvalue weighted by Gasteiger charge is 2.17. The molecule has 2 atom stereocenters. The number of hydrogen-bond acceptors (Lipinski definition) is 0. The second kappa shape index (κ2) is 4.14. The van der Waals surface area contributed by atoms with Gasteiger partial charge in [-0.15, -0.1) is 0 Å². The van der Waals surface area contributed by atoms with E-state index in [4.69, 9.17) is 0 Å². The molecule has 1 heteroatoms. The van der Waals surface area contributed by atoms with Crippen molar-refractivity contribution in [1.29, 1.82) is 0 Å². The summed E-state index contributed by atoms with van der Waals surface area (Å²) in [5.74, 6) is 1.09. The van der Waals surface area contributed by atoms with Crippen molar-refractivity contribution in [3.63, 3.8) is 0 Å². The van der Waals surface area contributed by atoms with E-state index in [0.29, 0.717) is 11.8 Å². The van der Waals surface area contributed by atoms with E-state index in [1.54, 1.807) is 0 Å². The van der Waals surface area contributed by atoms with Gasteiger partial charge >= 0.3 is 0 Å². The number of hydrogen-bond donors (Lipinski definition) is 0. The predicted octanol–water partition coefficient (Wildman–Crippen LogP) is 4.25. The van der Waals surface area contributed by atoms with Crippen LogP contribution in [-0.4, -0.2) is 0 Å². The third kappa shape index (κ3) is 1.98. The average molecular weight is 249 g/mol. The minimum atomic E-state index is 0.510. The molecule has 0 aliphatic heterocycles. The van der Waals surface area contributed by atoms with E-state index in [1.165, 1.54) is 10.0 Å². The van der Waals surface area contributed by atoms with Crippen molar-refractivity contribution in [3.8, 4) is 0 Å². The van der Waals surface area contributed by atoms with E-state index >= 15 is 0 Å². The van der Waals surface area contributed by atoms with Gasteiger partial charge in [-0.25, -0.2) is 0 Å². The smallest absolute Gasteiger partial charge is 0.0138 e. The molecule has 0 saturated heterocycles. The Hall–Kier alpha value is -0.820. The molecule has 0 bridgehead atoms. The summed E-state index contributed by atoms with van der Waals surface area (Å²) in [6.45, 7) is 2.25. The molecule has 0 amide bonds. The Bertz CT molecular complexity index is 362. The van der Waals surface area contributed by atoms with Crippen LogP contribution in [0, 0.1) is 5.92 Å². The Morgan fingerprint density at radius 1 is 1.14 bits per heavy atom. The highest BCUT2D eigenvalue weighted by Crippen LogP contribution is 2.33. The molecular weight excluding hydrogens is 236 g/mol. The average Bonchev–Trinajstić information content (AvgIpc) is 2.23. The van der Waals surface area contributed by atoms with Crippen LogP contribution in [0.3, 0.4) is 0 Å². The van der Waals surface area contributed by atoms with Crippen molar-refractivity contribution >= 4 is 15.9 Å². The number of allylic oxidation sites excluding steroid dienone is 4. The van der Waals surface area contributed by atoms with Crippen LogP contribution in [0.4, 0.5) is 0 Å². The summed E-state index contributed by atoms with van der Waals surface area (Å²) < 4.78 is 1.18. The van der Waals surface area contributed by atoms with Gasteiger partial charge in [0.2, 0.25) is 0 Å². The first-order chi connectivity index (χ1) is 6.77. The van der Waals surface area contributed by atoms with Crippen molar-refractivity contribution in [2.45, 2.75) is 12.8 Å². The van der Waals surface area contributed by atoms with Gasteiger partial charge in [0.25, 0.3) is 0 Å². The fourth-order valence-corrected chi connectivity index (χ4v) is 2.25. The van der Waals surface area contributed by atoms with Crippen molar-refractivity contribution in [2.75, 3.05) is 0 Å². The quantitative estimate of drug-likeness (QED) is 0.697. The number of rotatable bonds is 1. The van der Waals surface area contributed by atoms with E-state index in [2.05, 4.69) is 71.4 Å². The zero-order valence-electron chi connectivity index (χ0n) is 8.15. The molecule has 0 aromatic heterocycles. The first-order valence-corrected chi connectivity index (χ1v) is 5.67. The van der Waals surface area contributed by atoms with Crippen molar-refractivity contribution in [2.24, 2.45) is 5.92 Å². The van der Waals surface area contributed by atoms with Crippen LogP contribution in [0.25, 0.3) is 0 Å². The maximum absolute atomic E-state index is 3.53. The second-order valence-corrected chi connectivity index (χ2v) is 4.62. The standard InChI is InChI=1S/C13H13Br/c1-10-7-8-12(14)9-13(10)11-5-3-2-4-6-11/h2-10,13H,1H3/t10-,13?/m0/s1. The van der Waals surface area contributed by atoms with Crippen molar-refractivity contribution < 1.29 is 0 Å². The van der Waals surface area contributed by atoms with Gasteiger partial charge in [-0.2, -0.15) is 0 Å². The first-order valence-electron chi connectivity index (χ1n) is 4.88. The summed E-state index contributed by atoms with van der Waals surface area (Å²) in [4.78, 5) is 0. The van der Waals surface area contributed by atoms with Gasteiger partial charge < -0.3 is 0 Å². The third-order valence-corrected chi connectivity index (χ3v) is 3.18. The molecule has 0 spiro atoms. The molecule has 0 heterocycles. The highest BCUT2D eigenvalue weighted by molar-refractivity contribution is 9.11. The van der Waals surface area contributed by atoms with Crippen LogP contribution < -0.4 is 0 Å². The molecule has 14 heavy (non-hydrogen) atoms. The Kier molecular flexibility index (Phi) is 2.87. The SMILES string of the molecule is C[C@H]1C=CC(Br)=CC1c1ccccc1. The summed E-state index contributed by atoms with van der Waals surface area (Å²) in [5.41, 5.74) is 1.39. The van der Waals surface area contributed by atoms with Gasteiger partial charge in [0.1, 0.15) is 0 Å². The molecular formula is C13H13Br. The Balaban J connectivity index is 2.31. The molecule has 1 aromatic carbocycles. The lowest BCUT2D eigenvalue weighted by Crippen LogP contribution is -2.07. The van der Waals surface area contributed by atoms with E-state index < -0.39 is 0 Å². The summed E-state index contributed by atoms with van der Waals surface area (Å²) >= 11 is 3.53. The molecule has 0 radical (unpaired) electrons. The lowest BCUT2D eigenvalue weighted by molar-refractivity contribution is 0.634. The fourth-order valence-electron chi connectivity index (χ4n) is 1.82. The molecule has 0 N–H and O–H groups in total. The lowest BCUT2D eigenvalue weighted by atomic mass is 9.84. The first kappa shape index (κ1) is 9.72. The molecule has 0 fully saturated rings. The summed E-state index contributed by atoms with van der Waals surface area (Å²) in [5, 5.41) is 0. The Labute approximate surface area is 93.5 Å². The monoisotopic (exact) mass is 248 g/mol. The van der Waals surface area contributed by atoms with Gasteiger partial charge in [-0.1, -0.05) is 71.4 Å². The highest BCUT2D eigenvalue weighted by atomic mass is 79.9. The Morgan fingerprint density at radius 2 is 1.86 bits per heavy atom. The molecule has 1 aromatic rings. The number of benzene rings is 1. The predicted molar refractivity (Wildman–Crippen MR) is 64.5 cm³/mol. The summed E-state index contributed by atoms with van der Waals surface area (Å²) in [7, 11) is 0. The maximum Gasteiger partial charge on any atom is 0.0138 e. The largest absolute Gasteiger partial charge is 0.0797 e. The van der Waals surface area contributed by atoms with Crippen LogP contribution in [0.1, 0.15) is 18.4 Å². The summed E-state index contributed by atoms with van der Waals surface area (Å²) in [6.07, 6.45) is 6.66. The van der Waals surface area contributed by atoms with Crippen LogP contribution in [0.2, 0.25) is 0 Å². The normalized spacial score (nSPS) is 26.0. The van der Waals surface area contributed by atoms with E-state index in [-0.39, 0.29) is 0 Å². The van der Waals surface area contributed by atoms with Gasteiger partial charge in [0.05, 0.1) is 0 Å². The van der Waals surface area contributed by atoms with Crippen LogP contribution in [0.5, 0.6) is 0 Å². The minimum absolute atomic E-state index is 0.510. The molecule has 1 aliphatic rings. The van der Waals surface area contributed by atoms with E-state index in [1.807, 2.05) is 0 Å². The zero-order chi connectivity index (χ0) is 9.97. The van der Waals surface area contributed by atoms with Crippen molar-refractivity contribution in [1.82, 2.24) is 0 Å². The molecule has 2 rings (SSSR count). The van der Waals surface area contributed by atoms with Crippen molar-refractivity contribution in [3.05, 3.63) is 58.6 Å². The van der Waals surface area contributed by atoms with Gasteiger partial charge in [0, 0.05) is 10.4 Å².